The van der Waals surface area contributed by atoms with Gasteiger partial charge in [-0.2, -0.15) is 0 Å². The minimum atomic E-state index is -0.226. The van der Waals surface area contributed by atoms with Crippen molar-refractivity contribution in [3.8, 4) is 0 Å². The van der Waals surface area contributed by atoms with E-state index in [0.717, 1.165) is 16.8 Å². The molecular weight excluding hydrogens is 378 g/mol. The highest BCUT2D eigenvalue weighted by Crippen LogP contribution is 2.35. The number of hydrogen-bond acceptors (Lipinski definition) is 4. The summed E-state index contributed by atoms with van der Waals surface area (Å²) in [6, 6.07) is 15.3. The molecule has 2 heterocycles. The molecule has 1 fully saturated rings. The largest absolute Gasteiger partial charge is 0.372 e. The number of amides is 2. The number of morpholine rings is 1. The number of rotatable bonds is 4. The summed E-state index contributed by atoms with van der Waals surface area (Å²) in [6.07, 6.45) is -0.141. The first-order valence-electron chi connectivity index (χ1n) is 10.6. The van der Waals surface area contributed by atoms with E-state index in [4.69, 9.17) is 4.74 Å². The van der Waals surface area contributed by atoms with Gasteiger partial charge in [-0.15, -0.1) is 0 Å². The molecule has 2 aliphatic rings. The van der Waals surface area contributed by atoms with Gasteiger partial charge in [0.2, 0.25) is 0 Å². The fraction of sp³-hybridized carbons (Fsp3) is 0.417. The lowest BCUT2D eigenvalue weighted by Gasteiger charge is -2.35. The molecule has 158 valence electrons. The number of carbonyl (C=O) groups is 2. The van der Waals surface area contributed by atoms with E-state index in [0.29, 0.717) is 18.7 Å². The fourth-order valence-corrected chi connectivity index (χ4v) is 4.41. The lowest BCUT2D eigenvalue weighted by atomic mass is 10.1. The first-order valence-corrected chi connectivity index (χ1v) is 10.6. The highest BCUT2D eigenvalue weighted by molar-refractivity contribution is 5.99. The Morgan fingerprint density at radius 3 is 2.30 bits per heavy atom. The van der Waals surface area contributed by atoms with Gasteiger partial charge in [-0.3, -0.25) is 9.59 Å². The van der Waals surface area contributed by atoms with Crippen molar-refractivity contribution in [2.45, 2.75) is 52.1 Å². The van der Waals surface area contributed by atoms with Gasteiger partial charge in [0.1, 0.15) is 6.17 Å². The summed E-state index contributed by atoms with van der Waals surface area (Å²) in [4.78, 5) is 29.4. The second-order valence-corrected chi connectivity index (χ2v) is 8.49. The van der Waals surface area contributed by atoms with Crippen LogP contribution in [-0.4, -0.2) is 53.0 Å². The van der Waals surface area contributed by atoms with Crippen LogP contribution in [0, 0.1) is 0 Å². The third kappa shape index (κ3) is 3.79. The fourth-order valence-electron chi connectivity index (χ4n) is 4.41. The third-order valence-corrected chi connectivity index (χ3v) is 5.70. The Hall–Kier alpha value is -2.86. The first-order chi connectivity index (χ1) is 14.3. The molecule has 1 N–H and O–H groups in total. The predicted octanol–water partition coefficient (Wildman–Crippen LogP) is 3.91. The van der Waals surface area contributed by atoms with Crippen LogP contribution in [0.15, 0.2) is 48.5 Å². The number of hydrogen-bond donors (Lipinski definition) is 1. The van der Waals surface area contributed by atoms with Gasteiger partial charge in [-0.1, -0.05) is 18.2 Å². The molecule has 2 aromatic rings. The Bertz CT molecular complexity index is 931. The minimum absolute atomic E-state index is 0.0220. The molecule has 0 spiro atoms. The summed E-state index contributed by atoms with van der Waals surface area (Å²) in [5.41, 5.74) is 3.25. The Labute approximate surface area is 177 Å². The summed E-state index contributed by atoms with van der Waals surface area (Å²) in [5.74, 6) is 0.0641. The van der Waals surface area contributed by atoms with Gasteiger partial charge in [0.15, 0.2) is 0 Å². The molecule has 6 heteroatoms. The smallest absolute Gasteiger partial charge is 0.256 e. The molecule has 0 aromatic heterocycles. The lowest BCUT2D eigenvalue weighted by molar-refractivity contribution is -0.0586. The molecule has 2 aromatic carbocycles. The molecule has 3 unspecified atom stereocenters. The maximum absolute atomic E-state index is 12.9. The molecule has 2 amide bonds. The Morgan fingerprint density at radius 2 is 1.67 bits per heavy atom. The van der Waals surface area contributed by atoms with Gasteiger partial charge >= 0.3 is 0 Å². The lowest BCUT2D eigenvalue weighted by Crippen LogP contribution is -2.48. The summed E-state index contributed by atoms with van der Waals surface area (Å²) >= 11 is 0. The summed E-state index contributed by atoms with van der Waals surface area (Å²) in [5, 5.41) is 3.48. The van der Waals surface area contributed by atoms with Crippen molar-refractivity contribution in [2.75, 3.05) is 18.4 Å². The Balaban J connectivity index is 1.52. The van der Waals surface area contributed by atoms with E-state index in [-0.39, 0.29) is 36.2 Å². The van der Waals surface area contributed by atoms with E-state index in [9.17, 15) is 9.59 Å². The number of anilines is 1. The maximum atomic E-state index is 12.9. The van der Waals surface area contributed by atoms with Gasteiger partial charge in [-0.05, 0) is 58.0 Å². The molecule has 0 saturated carbocycles. The first kappa shape index (κ1) is 20.4. The van der Waals surface area contributed by atoms with Crippen LogP contribution in [0.4, 0.5) is 5.69 Å². The maximum Gasteiger partial charge on any atom is 0.256 e. The standard InChI is InChI=1S/C24H29N3O3/c1-15(2)27-22(20-7-5-6-8-21(20)24(27)29)25-19-11-9-18(10-12-19)23(28)26-13-16(3)30-17(4)14-26/h5-12,15-17,22,25H,13-14H2,1-4H3. The molecule has 1 saturated heterocycles. The molecule has 0 radical (unpaired) electrons. The second-order valence-electron chi connectivity index (χ2n) is 8.49. The third-order valence-electron chi connectivity index (χ3n) is 5.70. The van der Waals surface area contributed by atoms with Gasteiger partial charge in [0.05, 0.1) is 12.2 Å². The van der Waals surface area contributed by atoms with Crippen LogP contribution in [0.5, 0.6) is 0 Å². The highest BCUT2D eigenvalue weighted by Gasteiger charge is 2.37. The van der Waals surface area contributed by atoms with E-state index < -0.39 is 0 Å². The average molecular weight is 408 g/mol. The van der Waals surface area contributed by atoms with Crippen molar-refractivity contribution >= 4 is 17.5 Å². The van der Waals surface area contributed by atoms with Gasteiger partial charge in [0, 0.05) is 41.5 Å². The van der Waals surface area contributed by atoms with E-state index in [2.05, 4.69) is 5.32 Å². The summed E-state index contributed by atoms with van der Waals surface area (Å²) < 4.78 is 5.73. The number of benzene rings is 2. The zero-order valence-electron chi connectivity index (χ0n) is 18.0. The molecular formula is C24H29N3O3. The molecule has 30 heavy (non-hydrogen) atoms. The monoisotopic (exact) mass is 407 g/mol. The van der Waals surface area contributed by atoms with E-state index in [1.807, 2.05) is 86.0 Å². The van der Waals surface area contributed by atoms with E-state index in [1.165, 1.54) is 0 Å². The van der Waals surface area contributed by atoms with Crippen molar-refractivity contribution in [1.82, 2.24) is 9.80 Å². The van der Waals surface area contributed by atoms with E-state index >= 15 is 0 Å². The molecule has 0 aliphatic carbocycles. The number of fused-ring (bicyclic) bond motifs is 1. The van der Waals surface area contributed by atoms with Crippen molar-refractivity contribution in [2.24, 2.45) is 0 Å². The molecule has 2 aliphatic heterocycles. The second kappa shape index (κ2) is 8.11. The van der Waals surface area contributed by atoms with Crippen LogP contribution in [0.1, 0.15) is 60.1 Å². The number of carbonyl (C=O) groups excluding carboxylic acids is 2. The Morgan fingerprint density at radius 1 is 1.03 bits per heavy atom. The number of nitrogens with zero attached hydrogens (tertiary/aromatic N) is 2. The quantitative estimate of drug-likeness (QED) is 0.835. The van der Waals surface area contributed by atoms with Crippen LogP contribution in [-0.2, 0) is 4.74 Å². The topological polar surface area (TPSA) is 61.9 Å². The molecule has 6 nitrogen and oxygen atoms in total. The molecule has 0 bridgehead atoms. The molecule has 4 rings (SSSR count). The van der Waals surface area contributed by atoms with Crippen molar-refractivity contribution < 1.29 is 14.3 Å². The number of nitrogens with one attached hydrogen (secondary N) is 1. The van der Waals surface area contributed by atoms with Crippen molar-refractivity contribution in [1.29, 1.82) is 0 Å². The van der Waals surface area contributed by atoms with E-state index in [1.54, 1.807) is 0 Å². The highest BCUT2D eigenvalue weighted by atomic mass is 16.5. The SMILES string of the molecule is CC1CN(C(=O)c2ccc(NC3c4ccccc4C(=O)N3C(C)C)cc2)CC(C)O1. The zero-order valence-corrected chi connectivity index (χ0v) is 18.0. The summed E-state index contributed by atoms with van der Waals surface area (Å²) in [7, 11) is 0. The summed E-state index contributed by atoms with van der Waals surface area (Å²) in [6.45, 7) is 9.23. The minimum Gasteiger partial charge on any atom is -0.372 e. The van der Waals surface area contributed by atoms with Crippen LogP contribution in [0.25, 0.3) is 0 Å². The van der Waals surface area contributed by atoms with Crippen molar-refractivity contribution in [3.05, 3.63) is 65.2 Å². The molecule has 3 atom stereocenters. The van der Waals surface area contributed by atoms with Crippen molar-refractivity contribution in [3.63, 3.8) is 0 Å². The normalized spacial score (nSPS) is 23.6. The number of ether oxygens (including phenoxy) is 1. The van der Waals surface area contributed by atoms with Crippen LogP contribution < -0.4 is 5.32 Å². The Kier molecular flexibility index (Phi) is 5.52. The van der Waals surface area contributed by atoms with Gasteiger partial charge < -0.3 is 19.9 Å². The zero-order chi connectivity index (χ0) is 21.4. The van der Waals surface area contributed by atoms with Gasteiger partial charge in [-0.25, -0.2) is 0 Å². The average Bonchev–Trinajstić information content (AvgIpc) is 2.99. The van der Waals surface area contributed by atoms with Gasteiger partial charge in [0.25, 0.3) is 11.8 Å². The predicted molar refractivity (Wildman–Crippen MR) is 116 cm³/mol. The van der Waals surface area contributed by atoms with Crippen LogP contribution in [0.3, 0.4) is 0 Å². The van der Waals surface area contributed by atoms with Crippen LogP contribution in [0.2, 0.25) is 0 Å². The van der Waals surface area contributed by atoms with Crippen LogP contribution >= 0.6 is 0 Å².